The lowest BCUT2D eigenvalue weighted by atomic mass is 10.0. The van der Waals surface area contributed by atoms with E-state index in [2.05, 4.69) is 0 Å². The summed E-state index contributed by atoms with van der Waals surface area (Å²) in [6, 6.07) is 27.2. The number of carbonyl (C=O) groups is 2. The van der Waals surface area contributed by atoms with Crippen molar-refractivity contribution in [2.75, 3.05) is 6.61 Å². The van der Waals surface area contributed by atoms with Crippen LogP contribution in [-0.4, -0.2) is 29.6 Å². The van der Waals surface area contributed by atoms with Gasteiger partial charge in [0.25, 0.3) is 0 Å². The summed E-state index contributed by atoms with van der Waals surface area (Å²) in [4.78, 5) is 24.7. The molecule has 0 aromatic heterocycles. The Hall–Kier alpha value is -4.16. The molecule has 4 aromatic rings. The fraction of sp³-hybridized carbons (Fsp3) is 0.133. The third-order valence-corrected chi connectivity index (χ3v) is 5.99. The number of carboxylic acid groups (broad SMARTS) is 1. The van der Waals surface area contributed by atoms with Crippen LogP contribution >= 0.6 is 11.6 Å². The third kappa shape index (κ3) is 7.18. The molecule has 0 aliphatic carbocycles. The topological polar surface area (TPSA) is 72.8 Å². The smallest absolute Gasteiger partial charge is 0.344 e. The molecule has 7 heteroatoms. The number of ether oxygens (including phenoxy) is 2. The molecule has 37 heavy (non-hydrogen) atoms. The Morgan fingerprint density at radius 3 is 2.11 bits per heavy atom. The number of aliphatic carboxylic acids is 1. The molecule has 0 saturated carbocycles. The van der Waals surface area contributed by atoms with E-state index in [0.29, 0.717) is 17.2 Å². The van der Waals surface area contributed by atoms with Crippen LogP contribution in [-0.2, 0) is 11.2 Å². The number of para-hydroxylation sites is 1. The summed E-state index contributed by atoms with van der Waals surface area (Å²) in [6.07, 6.45) is -0.464. The number of hydrogen-bond donors (Lipinski definition) is 1. The number of benzene rings is 4. The molecule has 4 aromatic carbocycles. The number of halogens is 2. The van der Waals surface area contributed by atoms with Crippen LogP contribution in [0.3, 0.4) is 0 Å². The average Bonchev–Trinajstić information content (AvgIpc) is 2.91. The maximum atomic E-state index is 13.1. The van der Waals surface area contributed by atoms with Gasteiger partial charge in [0.1, 0.15) is 17.3 Å². The highest BCUT2D eigenvalue weighted by molar-refractivity contribution is 6.30. The molecule has 1 unspecified atom stereocenters. The largest absolute Gasteiger partial charge is 0.485 e. The van der Waals surface area contributed by atoms with Gasteiger partial charge in [0.05, 0.1) is 5.56 Å². The van der Waals surface area contributed by atoms with Crippen LogP contribution in [0, 0.1) is 5.82 Å². The van der Waals surface area contributed by atoms with Crippen molar-refractivity contribution >= 4 is 23.4 Å². The quantitative estimate of drug-likeness (QED) is 0.219. The van der Waals surface area contributed by atoms with Crippen LogP contribution in [0.2, 0.25) is 5.02 Å². The lowest BCUT2D eigenvalue weighted by Crippen LogP contribution is -2.28. The maximum absolute atomic E-state index is 13.1. The van der Waals surface area contributed by atoms with Crippen molar-refractivity contribution in [3.8, 4) is 22.6 Å². The molecule has 0 bridgehead atoms. The lowest BCUT2D eigenvalue weighted by Gasteiger charge is -2.17. The Balaban J connectivity index is 1.39. The minimum atomic E-state index is -1.15. The number of aryl methyl sites for hydroxylation is 1. The molecular weight excluding hydrogens is 495 g/mol. The van der Waals surface area contributed by atoms with Gasteiger partial charge < -0.3 is 14.6 Å². The van der Waals surface area contributed by atoms with E-state index in [1.807, 2.05) is 48.5 Å². The minimum absolute atomic E-state index is 0.167. The zero-order chi connectivity index (χ0) is 26.2. The van der Waals surface area contributed by atoms with Gasteiger partial charge in [-0.1, -0.05) is 60.1 Å². The molecular formula is C30H24ClFO5. The second-order valence-corrected chi connectivity index (χ2v) is 8.79. The molecule has 0 heterocycles. The van der Waals surface area contributed by atoms with Crippen LogP contribution in [0.5, 0.6) is 11.5 Å². The predicted molar refractivity (Wildman–Crippen MR) is 140 cm³/mol. The zero-order valence-electron chi connectivity index (χ0n) is 19.8. The standard InChI is InChI=1S/C30H24ClFO5/c31-23-12-10-22(11-13-23)21-8-5-20(6-9-21)7-18-29(30(34)35)37-28-4-2-1-3-26(28)27(33)19-36-25-16-14-24(32)15-17-25/h1-6,8-17,29H,7,18-19H2,(H,34,35). The van der Waals surface area contributed by atoms with E-state index in [-0.39, 0.29) is 30.1 Å². The van der Waals surface area contributed by atoms with Gasteiger partial charge in [-0.15, -0.1) is 0 Å². The fourth-order valence-corrected chi connectivity index (χ4v) is 3.87. The summed E-state index contributed by atoms with van der Waals surface area (Å²) >= 11 is 5.96. The van der Waals surface area contributed by atoms with Crippen LogP contribution in [0.15, 0.2) is 97.1 Å². The monoisotopic (exact) mass is 518 g/mol. The second kappa shape index (κ2) is 12.2. The molecule has 0 fully saturated rings. The van der Waals surface area contributed by atoms with Crippen molar-refractivity contribution in [2.24, 2.45) is 0 Å². The van der Waals surface area contributed by atoms with Gasteiger partial charge in [-0.05, 0) is 78.1 Å². The Bertz CT molecular complexity index is 1350. The van der Waals surface area contributed by atoms with E-state index in [4.69, 9.17) is 21.1 Å². The van der Waals surface area contributed by atoms with Gasteiger partial charge in [-0.3, -0.25) is 4.79 Å². The first kappa shape index (κ1) is 25.9. The van der Waals surface area contributed by atoms with E-state index >= 15 is 0 Å². The molecule has 0 saturated heterocycles. The first-order valence-electron chi connectivity index (χ1n) is 11.6. The lowest BCUT2D eigenvalue weighted by molar-refractivity contribution is -0.145. The highest BCUT2D eigenvalue weighted by Gasteiger charge is 2.22. The maximum Gasteiger partial charge on any atom is 0.344 e. The molecule has 0 aliphatic heterocycles. The summed E-state index contributed by atoms with van der Waals surface area (Å²) in [5.41, 5.74) is 3.24. The normalized spacial score (nSPS) is 11.5. The van der Waals surface area contributed by atoms with Crippen molar-refractivity contribution in [1.82, 2.24) is 0 Å². The van der Waals surface area contributed by atoms with E-state index in [0.717, 1.165) is 16.7 Å². The van der Waals surface area contributed by atoms with Gasteiger partial charge in [0, 0.05) is 5.02 Å². The van der Waals surface area contributed by atoms with Gasteiger partial charge in [-0.25, -0.2) is 9.18 Å². The van der Waals surface area contributed by atoms with Gasteiger partial charge in [0.2, 0.25) is 5.78 Å². The zero-order valence-corrected chi connectivity index (χ0v) is 20.5. The highest BCUT2D eigenvalue weighted by atomic mass is 35.5. The SMILES string of the molecule is O=C(COc1ccc(F)cc1)c1ccccc1OC(CCc1ccc(-c2ccc(Cl)cc2)cc1)C(=O)O. The molecule has 0 amide bonds. The first-order valence-corrected chi connectivity index (χ1v) is 12.0. The molecule has 0 aliphatic rings. The summed E-state index contributed by atoms with van der Waals surface area (Å²) in [5, 5.41) is 10.4. The molecule has 4 rings (SSSR count). The third-order valence-electron chi connectivity index (χ3n) is 5.74. The van der Waals surface area contributed by atoms with Gasteiger partial charge >= 0.3 is 5.97 Å². The average molecular weight is 519 g/mol. The van der Waals surface area contributed by atoms with E-state index < -0.39 is 17.9 Å². The Kier molecular flexibility index (Phi) is 8.54. The van der Waals surface area contributed by atoms with Crippen molar-refractivity contribution in [3.63, 3.8) is 0 Å². The van der Waals surface area contributed by atoms with Crippen LogP contribution in [0.4, 0.5) is 4.39 Å². The van der Waals surface area contributed by atoms with Crippen LogP contribution < -0.4 is 9.47 Å². The minimum Gasteiger partial charge on any atom is -0.485 e. The number of carboxylic acids is 1. The second-order valence-electron chi connectivity index (χ2n) is 8.35. The summed E-state index contributed by atoms with van der Waals surface area (Å²) < 4.78 is 24.3. The van der Waals surface area contributed by atoms with Gasteiger partial charge in [-0.2, -0.15) is 0 Å². The summed E-state index contributed by atoms with van der Waals surface area (Å²) in [5.74, 6) is -1.40. The van der Waals surface area contributed by atoms with Crippen molar-refractivity contribution < 1.29 is 28.6 Å². The summed E-state index contributed by atoms with van der Waals surface area (Å²) in [6.45, 7) is -0.302. The van der Waals surface area contributed by atoms with E-state index in [9.17, 15) is 19.1 Å². The summed E-state index contributed by atoms with van der Waals surface area (Å²) in [7, 11) is 0. The molecule has 0 radical (unpaired) electrons. The number of carbonyl (C=O) groups excluding carboxylic acids is 1. The van der Waals surface area contributed by atoms with Crippen molar-refractivity contribution in [2.45, 2.75) is 18.9 Å². The van der Waals surface area contributed by atoms with Crippen molar-refractivity contribution in [1.29, 1.82) is 0 Å². The Labute approximate surface area is 219 Å². The molecule has 188 valence electrons. The van der Waals surface area contributed by atoms with Crippen LogP contribution in [0.1, 0.15) is 22.3 Å². The first-order chi connectivity index (χ1) is 17.9. The van der Waals surface area contributed by atoms with Crippen molar-refractivity contribution in [3.05, 3.63) is 119 Å². The Morgan fingerprint density at radius 1 is 0.838 bits per heavy atom. The number of rotatable bonds is 11. The number of Topliss-reactive ketones (excluding diaryl/α,β-unsaturated/α-hetero) is 1. The predicted octanol–water partition coefficient (Wildman–Crippen LogP) is 6.87. The Morgan fingerprint density at radius 2 is 1.46 bits per heavy atom. The molecule has 1 atom stereocenters. The van der Waals surface area contributed by atoms with Gasteiger partial charge in [0.15, 0.2) is 12.7 Å². The molecule has 1 N–H and O–H groups in total. The number of ketones is 1. The molecule has 0 spiro atoms. The highest BCUT2D eigenvalue weighted by Crippen LogP contribution is 2.24. The fourth-order valence-electron chi connectivity index (χ4n) is 3.75. The molecule has 5 nitrogen and oxygen atoms in total. The number of hydrogen-bond acceptors (Lipinski definition) is 4. The van der Waals surface area contributed by atoms with E-state index in [1.165, 1.54) is 24.3 Å². The van der Waals surface area contributed by atoms with Crippen LogP contribution in [0.25, 0.3) is 11.1 Å². The van der Waals surface area contributed by atoms with E-state index in [1.54, 1.807) is 24.3 Å².